The molecule has 0 aromatic carbocycles. The van der Waals surface area contributed by atoms with E-state index >= 15 is 0 Å². The number of hydrogen-bond acceptors (Lipinski definition) is 6. The Bertz CT molecular complexity index is 657. The van der Waals surface area contributed by atoms with Crippen LogP contribution in [0, 0.1) is 0 Å². The number of sulfonamides is 1. The van der Waals surface area contributed by atoms with E-state index in [2.05, 4.69) is 14.7 Å². The van der Waals surface area contributed by atoms with Crippen LogP contribution in [-0.4, -0.2) is 25.5 Å². The van der Waals surface area contributed by atoms with E-state index < -0.39 is 10.0 Å². The van der Waals surface area contributed by atoms with Crippen molar-refractivity contribution in [2.75, 3.05) is 11.8 Å². The second-order valence-corrected chi connectivity index (χ2v) is 6.70. The summed E-state index contributed by atoms with van der Waals surface area (Å²) in [5, 5.41) is 0. The summed E-state index contributed by atoms with van der Waals surface area (Å²) in [5.74, 6) is 0.133. The average molecular weight is 306 g/mol. The molecule has 2 rings (SSSR count). The standard InChI is InChI=1S/C9H8ClN3O3S2/c1-16-9-8(11-4-5-12-9)13-18(14,15)7-3-2-6(10)17-7/h2-5H,1H3,(H,11,13). The van der Waals surface area contributed by atoms with Gasteiger partial charge in [-0.25, -0.2) is 18.4 Å². The fourth-order valence-corrected chi connectivity index (χ4v) is 3.65. The van der Waals surface area contributed by atoms with Crippen LogP contribution in [0.5, 0.6) is 5.88 Å². The lowest BCUT2D eigenvalue weighted by atomic mass is 10.6. The first kappa shape index (κ1) is 13.1. The molecule has 0 fully saturated rings. The quantitative estimate of drug-likeness (QED) is 0.934. The monoisotopic (exact) mass is 305 g/mol. The minimum Gasteiger partial charge on any atom is -0.478 e. The van der Waals surface area contributed by atoms with Crippen molar-refractivity contribution >= 4 is 38.8 Å². The zero-order valence-electron chi connectivity index (χ0n) is 9.12. The maximum Gasteiger partial charge on any atom is 0.272 e. The fraction of sp³-hybridized carbons (Fsp3) is 0.111. The third kappa shape index (κ3) is 2.71. The summed E-state index contributed by atoms with van der Waals surface area (Å²) in [6.07, 6.45) is 2.76. The van der Waals surface area contributed by atoms with Gasteiger partial charge in [-0.15, -0.1) is 11.3 Å². The average Bonchev–Trinajstić information content (AvgIpc) is 2.77. The molecule has 2 heterocycles. The van der Waals surface area contributed by atoms with E-state index in [0.717, 1.165) is 11.3 Å². The summed E-state index contributed by atoms with van der Waals surface area (Å²) in [4.78, 5) is 7.71. The molecule has 0 unspecified atom stereocenters. The molecular formula is C9H8ClN3O3S2. The van der Waals surface area contributed by atoms with Crippen molar-refractivity contribution in [1.29, 1.82) is 0 Å². The number of nitrogens with zero attached hydrogens (tertiary/aromatic N) is 2. The van der Waals surface area contributed by atoms with Gasteiger partial charge in [0.15, 0.2) is 0 Å². The van der Waals surface area contributed by atoms with Gasteiger partial charge < -0.3 is 4.74 Å². The lowest BCUT2D eigenvalue weighted by Crippen LogP contribution is -2.13. The molecule has 0 aliphatic carbocycles. The van der Waals surface area contributed by atoms with E-state index in [1.165, 1.54) is 31.6 Å². The van der Waals surface area contributed by atoms with Gasteiger partial charge >= 0.3 is 0 Å². The molecule has 0 aliphatic rings. The predicted octanol–water partition coefficient (Wildman–Crippen LogP) is 2.00. The molecule has 0 bridgehead atoms. The Morgan fingerprint density at radius 3 is 2.67 bits per heavy atom. The van der Waals surface area contributed by atoms with Crippen LogP contribution in [-0.2, 0) is 10.0 Å². The van der Waals surface area contributed by atoms with E-state index in [0.29, 0.717) is 4.34 Å². The Balaban J connectivity index is 2.33. The Hall–Kier alpha value is -1.38. The van der Waals surface area contributed by atoms with Crippen LogP contribution in [0.1, 0.15) is 0 Å². The molecular weight excluding hydrogens is 298 g/mol. The van der Waals surface area contributed by atoms with Gasteiger partial charge in [-0.2, -0.15) is 0 Å². The summed E-state index contributed by atoms with van der Waals surface area (Å²) >= 11 is 6.65. The molecule has 0 saturated heterocycles. The predicted molar refractivity (Wildman–Crippen MR) is 68.7 cm³/mol. The maximum atomic E-state index is 12.0. The maximum absolute atomic E-state index is 12.0. The van der Waals surface area contributed by atoms with Gasteiger partial charge in [0.1, 0.15) is 4.21 Å². The van der Waals surface area contributed by atoms with Gasteiger partial charge in [0, 0.05) is 12.4 Å². The van der Waals surface area contributed by atoms with Crippen LogP contribution in [0.25, 0.3) is 0 Å². The number of methoxy groups -OCH3 is 1. The van der Waals surface area contributed by atoms with Crippen molar-refractivity contribution in [3.05, 3.63) is 28.9 Å². The van der Waals surface area contributed by atoms with Crippen molar-refractivity contribution in [2.24, 2.45) is 0 Å². The van der Waals surface area contributed by atoms with Gasteiger partial charge in [-0.05, 0) is 12.1 Å². The third-order valence-electron chi connectivity index (χ3n) is 1.90. The largest absolute Gasteiger partial charge is 0.478 e. The highest BCUT2D eigenvalue weighted by atomic mass is 35.5. The Morgan fingerprint density at radius 2 is 2.06 bits per heavy atom. The van der Waals surface area contributed by atoms with Crippen molar-refractivity contribution in [3.63, 3.8) is 0 Å². The number of hydrogen-bond donors (Lipinski definition) is 1. The Morgan fingerprint density at radius 1 is 1.33 bits per heavy atom. The molecule has 2 aromatic heterocycles. The molecule has 0 atom stereocenters. The molecule has 0 spiro atoms. The minimum absolute atomic E-state index is 0.0320. The number of thiophene rings is 1. The van der Waals surface area contributed by atoms with Gasteiger partial charge in [-0.1, -0.05) is 11.6 Å². The summed E-state index contributed by atoms with van der Waals surface area (Å²) in [6.45, 7) is 0. The van der Waals surface area contributed by atoms with Crippen molar-refractivity contribution in [2.45, 2.75) is 4.21 Å². The van der Waals surface area contributed by atoms with Crippen molar-refractivity contribution in [1.82, 2.24) is 9.97 Å². The molecule has 0 radical (unpaired) electrons. The first-order chi connectivity index (χ1) is 8.53. The highest BCUT2D eigenvalue weighted by Gasteiger charge is 2.19. The highest BCUT2D eigenvalue weighted by molar-refractivity contribution is 7.94. The summed E-state index contributed by atoms with van der Waals surface area (Å²) < 4.78 is 31.7. The number of ether oxygens (including phenoxy) is 1. The smallest absolute Gasteiger partial charge is 0.272 e. The number of halogens is 1. The Kier molecular flexibility index (Phi) is 3.69. The molecule has 96 valence electrons. The minimum atomic E-state index is -3.72. The number of aromatic nitrogens is 2. The van der Waals surface area contributed by atoms with Crippen LogP contribution in [0.2, 0.25) is 4.34 Å². The van der Waals surface area contributed by atoms with Crippen molar-refractivity contribution in [3.8, 4) is 5.88 Å². The fourth-order valence-electron chi connectivity index (χ4n) is 1.16. The van der Waals surface area contributed by atoms with E-state index in [4.69, 9.17) is 16.3 Å². The molecule has 2 aromatic rings. The van der Waals surface area contributed by atoms with Gasteiger partial charge in [0.05, 0.1) is 11.4 Å². The van der Waals surface area contributed by atoms with Crippen LogP contribution in [0.4, 0.5) is 5.82 Å². The van der Waals surface area contributed by atoms with Crippen molar-refractivity contribution < 1.29 is 13.2 Å². The highest BCUT2D eigenvalue weighted by Crippen LogP contribution is 2.28. The summed E-state index contributed by atoms with van der Waals surface area (Å²) in [7, 11) is -2.34. The second kappa shape index (κ2) is 5.09. The third-order valence-corrected chi connectivity index (χ3v) is 4.96. The molecule has 9 heteroatoms. The normalized spacial score (nSPS) is 11.2. The van der Waals surface area contributed by atoms with Crippen LogP contribution < -0.4 is 9.46 Å². The first-order valence-electron chi connectivity index (χ1n) is 4.66. The van der Waals surface area contributed by atoms with Gasteiger partial charge in [0.25, 0.3) is 15.9 Å². The lowest BCUT2D eigenvalue weighted by Gasteiger charge is -2.07. The molecule has 0 aliphatic heterocycles. The number of nitrogens with one attached hydrogen (secondary N) is 1. The van der Waals surface area contributed by atoms with Gasteiger partial charge in [0.2, 0.25) is 5.82 Å². The van der Waals surface area contributed by atoms with E-state index in [9.17, 15) is 8.42 Å². The van der Waals surface area contributed by atoms with Crippen LogP contribution >= 0.6 is 22.9 Å². The van der Waals surface area contributed by atoms with E-state index in [1.54, 1.807) is 0 Å². The zero-order chi connectivity index (χ0) is 13.2. The molecule has 0 saturated carbocycles. The first-order valence-corrected chi connectivity index (χ1v) is 7.34. The molecule has 18 heavy (non-hydrogen) atoms. The summed E-state index contributed by atoms with van der Waals surface area (Å²) in [6, 6.07) is 2.92. The number of rotatable bonds is 4. The van der Waals surface area contributed by atoms with E-state index in [1.807, 2.05) is 0 Å². The zero-order valence-corrected chi connectivity index (χ0v) is 11.5. The topological polar surface area (TPSA) is 81.2 Å². The molecule has 0 amide bonds. The van der Waals surface area contributed by atoms with Crippen LogP contribution in [0.3, 0.4) is 0 Å². The van der Waals surface area contributed by atoms with Crippen LogP contribution in [0.15, 0.2) is 28.7 Å². The lowest BCUT2D eigenvalue weighted by molar-refractivity contribution is 0.398. The van der Waals surface area contributed by atoms with Gasteiger partial charge in [-0.3, -0.25) is 4.72 Å². The SMILES string of the molecule is COc1nccnc1NS(=O)(=O)c1ccc(Cl)s1. The van der Waals surface area contributed by atoms with E-state index in [-0.39, 0.29) is 15.9 Å². The second-order valence-electron chi connectivity index (χ2n) is 3.08. The number of anilines is 1. The summed E-state index contributed by atoms with van der Waals surface area (Å²) in [5.41, 5.74) is 0. The molecule has 6 nitrogen and oxygen atoms in total. The molecule has 1 N–H and O–H groups in total. The Labute approximate surface area is 113 Å².